The van der Waals surface area contributed by atoms with Crippen LogP contribution in [0.1, 0.15) is 20.8 Å². The van der Waals surface area contributed by atoms with Crippen LogP contribution in [0.2, 0.25) is 0 Å². The van der Waals surface area contributed by atoms with Gasteiger partial charge in [0.25, 0.3) is 0 Å². The molecule has 7 heteroatoms. The molecule has 0 aliphatic heterocycles. The van der Waals surface area contributed by atoms with Gasteiger partial charge in [0.1, 0.15) is 0 Å². The number of hydrogen-bond donors (Lipinski definition) is 0. The monoisotopic (exact) mass is 400 g/mol. The van der Waals surface area contributed by atoms with E-state index in [1.54, 1.807) is 0 Å². The summed E-state index contributed by atoms with van der Waals surface area (Å²) < 4.78 is 12.6. The van der Waals surface area contributed by atoms with Crippen molar-refractivity contribution >= 4 is 0 Å². The smallest absolute Gasteiger partial charge is 0.831 e. The summed E-state index contributed by atoms with van der Waals surface area (Å²) in [4.78, 5) is 0. The molecule has 0 amide bonds. The Morgan fingerprint density at radius 2 is 0.688 bits per heavy atom. The van der Waals surface area contributed by atoms with Gasteiger partial charge in [0.05, 0.1) is 0 Å². The van der Waals surface area contributed by atoms with Crippen LogP contribution in [-0.4, -0.2) is 40.2 Å². The van der Waals surface area contributed by atoms with E-state index in [2.05, 4.69) is 14.2 Å². The Kier molecular flexibility index (Phi) is 34.3. The average Bonchev–Trinajstić information content (AvgIpc) is 2.19. The summed E-state index contributed by atoms with van der Waals surface area (Å²) in [6.07, 6.45) is -2.60. The summed E-state index contributed by atoms with van der Waals surface area (Å²) in [5.41, 5.74) is 0. The molecule has 0 radical (unpaired) electrons. The quantitative estimate of drug-likeness (QED) is 0.510. The minimum atomic E-state index is -0.866. The van der Waals surface area contributed by atoms with E-state index in [1.165, 1.54) is 42.1 Å². The van der Waals surface area contributed by atoms with Gasteiger partial charge >= 0.3 is 36.9 Å². The zero-order valence-corrected chi connectivity index (χ0v) is 12.1. The van der Waals surface area contributed by atoms with E-state index in [0.29, 0.717) is 0 Å². The van der Waals surface area contributed by atoms with Gasteiger partial charge in [-0.15, -0.1) is 0 Å². The third-order valence-corrected chi connectivity index (χ3v) is 0.996. The fourth-order valence-corrected chi connectivity index (χ4v) is 0. The van der Waals surface area contributed by atoms with Crippen LogP contribution in [0.3, 0.4) is 0 Å². The first-order valence-electron chi connectivity index (χ1n) is 4.37. The number of methoxy groups -OCH3 is 3. The molecule has 0 aliphatic carbocycles. The van der Waals surface area contributed by atoms with E-state index in [0.717, 1.165) is 0 Å². The van der Waals surface area contributed by atoms with Crippen LogP contribution in [-0.2, 0) is 14.2 Å². The summed E-state index contributed by atoms with van der Waals surface area (Å²) in [6.45, 7) is 4.33. The van der Waals surface area contributed by atoms with Crippen molar-refractivity contribution in [2.24, 2.45) is 0 Å². The predicted octanol–water partition coefficient (Wildman–Crippen LogP) is -1.98. The van der Waals surface area contributed by atoms with Crippen molar-refractivity contribution in [1.82, 2.24) is 0 Å². The maximum atomic E-state index is 9.67. The first-order valence-corrected chi connectivity index (χ1v) is 4.37. The van der Waals surface area contributed by atoms with Crippen LogP contribution in [0.25, 0.3) is 0 Å². The van der Waals surface area contributed by atoms with Gasteiger partial charge in [-0.1, -0.05) is 20.8 Å². The average molecular weight is 400 g/mol. The molecule has 0 aromatic carbocycles. The van der Waals surface area contributed by atoms with E-state index >= 15 is 0 Å². The first-order chi connectivity index (χ1) is 6.81. The number of hydrogen-bond acceptors (Lipinski definition) is 6. The van der Waals surface area contributed by atoms with Crippen molar-refractivity contribution in [2.45, 2.75) is 39.6 Å². The Hall–Kier alpha value is 0.994. The molecule has 0 fully saturated rings. The fraction of sp³-hybridized carbons (Fsp3) is 1.00. The summed E-state index contributed by atoms with van der Waals surface area (Å²) in [5.74, 6) is 0. The van der Waals surface area contributed by atoms with E-state index in [1.807, 2.05) is 0 Å². The van der Waals surface area contributed by atoms with Crippen molar-refractivity contribution in [3.63, 3.8) is 0 Å². The normalized spacial score (nSPS) is 14.1. The Morgan fingerprint density at radius 1 is 0.625 bits per heavy atom. The molecule has 0 spiro atoms. The Morgan fingerprint density at radius 3 is 0.688 bits per heavy atom. The third kappa shape index (κ3) is 60.0. The molecule has 3 atom stereocenters. The summed E-state index contributed by atoms with van der Waals surface area (Å²) >= 11 is 0. The van der Waals surface area contributed by atoms with Gasteiger partial charge in [-0.2, -0.15) is 0 Å². The third-order valence-electron chi connectivity index (χ3n) is 0.996. The Balaban J connectivity index is -0.0000000655. The summed E-state index contributed by atoms with van der Waals surface area (Å²) in [6, 6.07) is 0. The van der Waals surface area contributed by atoms with Crippen molar-refractivity contribution in [1.29, 1.82) is 0 Å². The van der Waals surface area contributed by atoms with E-state index in [4.69, 9.17) is 0 Å². The van der Waals surface area contributed by atoms with Gasteiger partial charge in [-0.05, 0) is 18.9 Å². The molecule has 0 saturated carbocycles. The van der Waals surface area contributed by atoms with Crippen molar-refractivity contribution in [2.75, 3.05) is 21.3 Å². The summed E-state index contributed by atoms with van der Waals surface area (Å²) in [7, 11) is 4.16. The Labute approximate surface area is 127 Å². The van der Waals surface area contributed by atoms with Crippen molar-refractivity contribution in [3.8, 4) is 0 Å². The molecule has 16 heavy (non-hydrogen) atoms. The molecule has 0 aromatic heterocycles. The fourth-order valence-electron chi connectivity index (χ4n) is 0. The minimum absolute atomic E-state index is 0. The van der Waals surface area contributed by atoms with Crippen LogP contribution in [0.15, 0.2) is 0 Å². The molecule has 0 saturated heterocycles. The molecular weight excluding hydrogens is 379 g/mol. The predicted molar refractivity (Wildman–Crippen MR) is 49.4 cm³/mol. The minimum Gasteiger partial charge on any atom is -0.831 e. The molecule has 108 valence electrons. The maximum Gasteiger partial charge on any atom is 3.00 e. The number of ether oxygens (including phenoxy) is 3. The molecule has 0 N–H and O–H groups in total. The van der Waals surface area contributed by atoms with Gasteiger partial charge in [0.2, 0.25) is 0 Å². The summed E-state index contributed by atoms with van der Waals surface area (Å²) in [5, 5.41) is 29.0. The van der Waals surface area contributed by atoms with Gasteiger partial charge in [-0.3, -0.25) is 0 Å². The SMILES string of the molecule is COC(C)[O-].COC(C)[O-].COC(C)[O-].[Lu+3]. The molecule has 0 aliphatic rings. The molecule has 6 nitrogen and oxygen atoms in total. The van der Waals surface area contributed by atoms with Crippen LogP contribution >= 0.6 is 0 Å². The second kappa shape index (κ2) is 21.3. The topological polar surface area (TPSA) is 96.9 Å². The van der Waals surface area contributed by atoms with E-state index < -0.39 is 18.9 Å². The molecule has 3 unspecified atom stereocenters. The van der Waals surface area contributed by atoms with E-state index in [9.17, 15) is 15.3 Å². The van der Waals surface area contributed by atoms with Gasteiger partial charge < -0.3 is 29.5 Å². The molecule has 0 heterocycles. The van der Waals surface area contributed by atoms with Crippen molar-refractivity contribution in [3.05, 3.63) is 0 Å². The van der Waals surface area contributed by atoms with Crippen molar-refractivity contribution < 1.29 is 66.4 Å². The maximum absolute atomic E-state index is 9.67. The zero-order chi connectivity index (χ0) is 12.9. The second-order valence-corrected chi connectivity index (χ2v) is 2.41. The molecule has 0 bridgehead atoms. The van der Waals surface area contributed by atoms with Crippen LogP contribution in [0, 0.1) is 36.9 Å². The standard InChI is InChI=1S/3C3H7O2.Lu/c3*1-3(4)5-2;/h3*3H,1-2H3;/q3*-1;+3. The van der Waals surface area contributed by atoms with Gasteiger partial charge in [0, 0.05) is 21.3 Å². The molecule has 0 aromatic rings. The van der Waals surface area contributed by atoms with Crippen LogP contribution in [0.4, 0.5) is 0 Å². The van der Waals surface area contributed by atoms with E-state index in [-0.39, 0.29) is 36.9 Å². The Bertz CT molecular complexity index is 81.0. The van der Waals surface area contributed by atoms with Crippen LogP contribution < -0.4 is 15.3 Å². The number of rotatable bonds is 3. The van der Waals surface area contributed by atoms with Gasteiger partial charge in [0.15, 0.2) is 0 Å². The second-order valence-electron chi connectivity index (χ2n) is 2.41. The zero-order valence-electron chi connectivity index (χ0n) is 10.4. The van der Waals surface area contributed by atoms with Crippen LogP contribution in [0.5, 0.6) is 0 Å². The molecule has 0 rings (SSSR count). The van der Waals surface area contributed by atoms with Gasteiger partial charge in [-0.25, -0.2) is 0 Å². The largest absolute Gasteiger partial charge is 3.00 e. The molecular formula is C9H21LuO6. The first kappa shape index (κ1) is 25.7.